The van der Waals surface area contributed by atoms with Gasteiger partial charge >= 0.3 is 0 Å². The fourth-order valence-corrected chi connectivity index (χ4v) is 1.64. The minimum Gasteiger partial charge on any atom is -0.476 e. The molecular weight excluding hydrogens is 214 g/mol. The van der Waals surface area contributed by atoms with E-state index in [1.165, 1.54) is 5.56 Å². The normalized spacial score (nSPS) is 12.3. The number of hydrogen-bond acceptors (Lipinski definition) is 2. The van der Waals surface area contributed by atoms with Crippen molar-refractivity contribution in [2.75, 3.05) is 0 Å². The van der Waals surface area contributed by atoms with Crippen molar-refractivity contribution in [1.29, 1.82) is 0 Å². The molecule has 0 saturated heterocycles. The molecular formula is C10H16O2P2. The van der Waals surface area contributed by atoms with Crippen LogP contribution < -0.4 is 9.05 Å². The fraction of sp³-hybridized carbons (Fsp3) is 0.400. The van der Waals surface area contributed by atoms with Gasteiger partial charge in [-0.3, -0.25) is 0 Å². The summed E-state index contributed by atoms with van der Waals surface area (Å²) in [5, 5.41) is 0. The van der Waals surface area contributed by atoms with Crippen molar-refractivity contribution in [3.63, 3.8) is 0 Å². The Morgan fingerprint density at radius 3 is 2.36 bits per heavy atom. The topological polar surface area (TPSA) is 18.5 Å². The van der Waals surface area contributed by atoms with Crippen LogP contribution in [0.1, 0.15) is 31.7 Å². The van der Waals surface area contributed by atoms with Crippen LogP contribution in [-0.2, 0) is 0 Å². The van der Waals surface area contributed by atoms with Crippen molar-refractivity contribution in [3.8, 4) is 11.5 Å². The van der Waals surface area contributed by atoms with Gasteiger partial charge in [0, 0.05) is 0 Å². The van der Waals surface area contributed by atoms with Gasteiger partial charge in [-0.05, 0) is 30.0 Å². The molecule has 14 heavy (non-hydrogen) atoms. The Balaban J connectivity index is 3.01. The van der Waals surface area contributed by atoms with E-state index >= 15 is 0 Å². The summed E-state index contributed by atoms with van der Waals surface area (Å²) in [5.41, 5.74) is 1.27. The maximum absolute atomic E-state index is 5.15. The molecule has 0 aliphatic rings. The molecule has 1 aromatic rings. The summed E-state index contributed by atoms with van der Waals surface area (Å²) in [7, 11) is 4.46. The second-order valence-electron chi connectivity index (χ2n) is 3.25. The van der Waals surface area contributed by atoms with Crippen LogP contribution in [0.5, 0.6) is 11.5 Å². The number of benzene rings is 1. The Kier molecular flexibility index (Phi) is 4.65. The molecule has 0 spiro atoms. The lowest BCUT2D eigenvalue weighted by atomic mass is 9.98. The first-order valence-corrected chi connectivity index (χ1v) is 5.54. The molecule has 0 aliphatic heterocycles. The molecule has 3 atom stereocenters. The second kappa shape index (κ2) is 5.53. The first-order chi connectivity index (χ1) is 6.72. The van der Waals surface area contributed by atoms with Gasteiger partial charge in [0.2, 0.25) is 0 Å². The van der Waals surface area contributed by atoms with E-state index in [2.05, 4.69) is 38.8 Å². The lowest BCUT2D eigenvalue weighted by Gasteiger charge is -2.12. The highest BCUT2D eigenvalue weighted by Crippen LogP contribution is 2.33. The Morgan fingerprint density at radius 1 is 1.21 bits per heavy atom. The van der Waals surface area contributed by atoms with Crippen LogP contribution in [0.3, 0.4) is 0 Å². The van der Waals surface area contributed by atoms with E-state index in [0.29, 0.717) is 5.92 Å². The Hall–Kier alpha value is -0.320. The third-order valence-electron chi connectivity index (χ3n) is 2.40. The third-order valence-corrected chi connectivity index (χ3v) is 2.91. The molecule has 0 fully saturated rings. The molecule has 1 rings (SSSR count). The molecule has 0 aliphatic carbocycles. The lowest BCUT2D eigenvalue weighted by Crippen LogP contribution is -1.92. The van der Waals surface area contributed by atoms with E-state index in [-0.39, 0.29) is 0 Å². The SMILES string of the molecule is CCC(C)c1ccc(OP)c(OP)c1. The minimum absolute atomic E-state index is 0.549. The minimum atomic E-state index is 0.549. The zero-order valence-electron chi connectivity index (χ0n) is 8.49. The predicted molar refractivity (Wildman–Crippen MR) is 65.8 cm³/mol. The van der Waals surface area contributed by atoms with Gasteiger partial charge in [0.15, 0.2) is 11.5 Å². The monoisotopic (exact) mass is 230 g/mol. The van der Waals surface area contributed by atoms with E-state index in [9.17, 15) is 0 Å². The maximum Gasteiger partial charge on any atom is 0.164 e. The summed E-state index contributed by atoms with van der Waals surface area (Å²) < 4.78 is 10.2. The van der Waals surface area contributed by atoms with Gasteiger partial charge in [-0.2, -0.15) is 0 Å². The molecule has 78 valence electrons. The van der Waals surface area contributed by atoms with Gasteiger partial charge in [-0.15, -0.1) is 0 Å². The molecule has 0 saturated carbocycles. The summed E-state index contributed by atoms with van der Waals surface area (Å²) in [6.07, 6.45) is 1.12. The van der Waals surface area contributed by atoms with Crippen LogP contribution in [0.2, 0.25) is 0 Å². The average molecular weight is 230 g/mol. The standard InChI is InChI=1S/C10H16O2P2/c1-3-7(2)8-4-5-9(11-13)10(6-8)12-14/h4-7H,3,13-14H2,1-2H3. The quantitative estimate of drug-likeness (QED) is 0.736. The van der Waals surface area contributed by atoms with Crippen LogP contribution in [0, 0.1) is 0 Å². The highest BCUT2D eigenvalue weighted by molar-refractivity contribution is 7.10. The van der Waals surface area contributed by atoms with Crippen LogP contribution >= 0.6 is 18.9 Å². The second-order valence-corrected chi connectivity index (χ2v) is 3.72. The van der Waals surface area contributed by atoms with E-state index < -0.39 is 0 Å². The van der Waals surface area contributed by atoms with Crippen LogP contribution in [0.25, 0.3) is 0 Å². The molecule has 0 heterocycles. The van der Waals surface area contributed by atoms with E-state index in [1.54, 1.807) is 0 Å². The average Bonchev–Trinajstić information content (AvgIpc) is 2.26. The van der Waals surface area contributed by atoms with E-state index in [1.807, 2.05) is 12.1 Å². The largest absolute Gasteiger partial charge is 0.476 e. The zero-order valence-corrected chi connectivity index (χ0v) is 10.8. The summed E-state index contributed by atoms with van der Waals surface area (Å²) in [6, 6.07) is 6.01. The van der Waals surface area contributed by atoms with Crippen LogP contribution in [-0.4, -0.2) is 0 Å². The molecule has 0 N–H and O–H groups in total. The molecule has 0 amide bonds. The fourth-order valence-electron chi connectivity index (χ4n) is 1.26. The molecule has 4 heteroatoms. The third kappa shape index (κ3) is 2.59. The van der Waals surface area contributed by atoms with Gasteiger partial charge in [-0.25, -0.2) is 0 Å². The van der Waals surface area contributed by atoms with Gasteiger partial charge in [-0.1, -0.05) is 19.9 Å². The van der Waals surface area contributed by atoms with Gasteiger partial charge < -0.3 is 9.05 Å². The molecule has 0 radical (unpaired) electrons. The molecule has 1 aromatic carbocycles. The Bertz CT molecular complexity index is 302. The summed E-state index contributed by atoms with van der Waals surface area (Å²) in [4.78, 5) is 0. The summed E-state index contributed by atoms with van der Waals surface area (Å²) in [5.74, 6) is 2.03. The van der Waals surface area contributed by atoms with Crippen molar-refractivity contribution in [2.45, 2.75) is 26.2 Å². The summed E-state index contributed by atoms with van der Waals surface area (Å²) >= 11 is 0. The Labute approximate surface area is 90.0 Å². The number of rotatable bonds is 4. The molecule has 0 aromatic heterocycles. The van der Waals surface area contributed by atoms with Crippen molar-refractivity contribution in [2.24, 2.45) is 0 Å². The van der Waals surface area contributed by atoms with Crippen molar-refractivity contribution in [1.82, 2.24) is 0 Å². The van der Waals surface area contributed by atoms with Crippen LogP contribution in [0.4, 0.5) is 0 Å². The molecule has 0 bridgehead atoms. The van der Waals surface area contributed by atoms with Gasteiger partial charge in [0.25, 0.3) is 0 Å². The van der Waals surface area contributed by atoms with Gasteiger partial charge in [0.05, 0.1) is 18.9 Å². The van der Waals surface area contributed by atoms with E-state index in [0.717, 1.165) is 17.9 Å². The highest BCUT2D eigenvalue weighted by atomic mass is 31.0. The first kappa shape index (κ1) is 11.8. The van der Waals surface area contributed by atoms with Crippen LogP contribution in [0.15, 0.2) is 18.2 Å². The smallest absolute Gasteiger partial charge is 0.164 e. The number of hydrogen-bond donors (Lipinski definition) is 0. The maximum atomic E-state index is 5.15. The highest BCUT2D eigenvalue weighted by Gasteiger charge is 2.08. The summed E-state index contributed by atoms with van der Waals surface area (Å²) in [6.45, 7) is 4.37. The first-order valence-electron chi connectivity index (χ1n) is 4.60. The van der Waals surface area contributed by atoms with Gasteiger partial charge in [0.1, 0.15) is 0 Å². The zero-order chi connectivity index (χ0) is 10.6. The molecule has 2 nitrogen and oxygen atoms in total. The van der Waals surface area contributed by atoms with Crippen molar-refractivity contribution < 1.29 is 9.05 Å². The van der Waals surface area contributed by atoms with Crippen molar-refractivity contribution in [3.05, 3.63) is 23.8 Å². The lowest BCUT2D eigenvalue weighted by molar-refractivity contribution is 0.566. The van der Waals surface area contributed by atoms with E-state index in [4.69, 9.17) is 9.05 Å². The van der Waals surface area contributed by atoms with Crippen molar-refractivity contribution >= 4 is 18.9 Å². The Morgan fingerprint density at radius 2 is 1.86 bits per heavy atom. The predicted octanol–water partition coefficient (Wildman–Crippen LogP) is 3.54. The molecule has 3 unspecified atom stereocenters.